The van der Waals surface area contributed by atoms with E-state index in [0.29, 0.717) is 22.6 Å². The largest absolute Gasteiger partial charge is 0.489 e. The molecule has 1 unspecified atom stereocenters. The van der Waals surface area contributed by atoms with Crippen LogP contribution in [0.15, 0.2) is 21.4 Å². The molecule has 4 rings (SSSR count). The number of fused-ring (bicyclic) bond motifs is 6. The number of aryl methyl sites for hydroxylation is 1. The van der Waals surface area contributed by atoms with Crippen LogP contribution in [0.3, 0.4) is 0 Å². The summed E-state index contributed by atoms with van der Waals surface area (Å²) in [5, 5.41) is 11.8. The summed E-state index contributed by atoms with van der Waals surface area (Å²) in [4.78, 5) is 12.3. The van der Waals surface area contributed by atoms with Crippen molar-refractivity contribution in [3.05, 3.63) is 39.3 Å². The molecule has 2 aliphatic rings. The Morgan fingerprint density at radius 2 is 1.96 bits per heavy atom. The van der Waals surface area contributed by atoms with Gasteiger partial charge in [-0.25, -0.2) is 4.79 Å². The van der Waals surface area contributed by atoms with Gasteiger partial charge in [-0.3, -0.25) is 0 Å². The van der Waals surface area contributed by atoms with Crippen molar-refractivity contribution >= 4 is 17.0 Å². The van der Waals surface area contributed by atoms with Gasteiger partial charge in [0.25, 0.3) is 0 Å². The van der Waals surface area contributed by atoms with E-state index in [1.807, 2.05) is 39.8 Å². The Hall–Kier alpha value is -2.27. The van der Waals surface area contributed by atoms with Gasteiger partial charge in [-0.05, 0) is 44.9 Å². The molecule has 0 saturated heterocycles. The third-order valence-electron chi connectivity index (χ3n) is 5.62. The lowest BCUT2D eigenvalue weighted by Crippen LogP contribution is -2.34. The molecule has 5 nitrogen and oxygen atoms in total. The van der Waals surface area contributed by atoms with Gasteiger partial charge in [-0.1, -0.05) is 20.3 Å². The molecule has 3 heterocycles. The molecule has 0 spiro atoms. The lowest BCUT2D eigenvalue weighted by molar-refractivity contribution is 0.0173. The summed E-state index contributed by atoms with van der Waals surface area (Å²) in [6.45, 7) is 9.91. The van der Waals surface area contributed by atoms with Gasteiger partial charge in [0.1, 0.15) is 23.2 Å². The summed E-state index contributed by atoms with van der Waals surface area (Å²) in [6.07, 6.45) is 4.65. The maximum absolute atomic E-state index is 12.3. The van der Waals surface area contributed by atoms with E-state index >= 15 is 0 Å². The Kier molecular flexibility index (Phi) is 4.11. The molecule has 1 N–H and O–H groups in total. The molecule has 0 aliphatic carbocycles. The predicted octanol–water partition coefficient (Wildman–Crippen LogP) is 4.38. The molecule has 0 amide bonds. The third-order valence-corrected chi connectivity index (χ3v) is 5.62. The van der Waals surface area contributed by atoms with E-state index < -0.39 is 17.3 Å². The van der Waals surface area contributed by atoms with Crippen molar-refractivity contribution < 1.29 is 19.0 Å². The Bertz CT molecular complexity index is 998. The SMILES string of the molecule is CCCc1cc(=O)oc2c3c(c4c(c12)OC(C)(C)C=C4)O[C@H](C)C(C)[C@@H]3O. The quantitative estimate of drug-likeness (QED) is 0.795. The highest BCUT2D eigenvalue weighted by atomic mass is 16.5. The minimum Gasteiger partial charge on any atom is -0.489 e. The van der Waals surface area contributed by atoms with E-state index in [1.54, 1.807) is 0 Å². The second-order valence-corrected chi connectivity index (χ2v) is 8.20. The third kappa shape index (κ3) is 2.76. The number of rotatable bonds is 2. The number of aliphatic hydroxyl groups is 1. The fourth-order valence-corrected chi connectivity index (χ4v) is 3.98. The van der Waals surface area contributed by atoms with Gasteiger partial charge < -0.3 is 19.0 Å². The Morgan fingerprint density at radius 1 is 1.22 bits per heavy atom. The van der Waals surface area contributed by atoms with E-state index in [4.69, 9.17) is 13.9 Å². The van der Waals surface area contributed by atoms with Gasteiger partial charge in [0.2, 0.25) is 0 Å². The van der Waals surface area contributed by atoms with E-state index in [2.05, 4.69) is 6.92 Å². The zero-order chi connectivity index (χ0) is 19.5. The van der Waals surface area contributed by atoms with Crippen molar-refractivity contribution in [2.75, 3.05) is 0 Å². The van der Waals surface area contributed by atoms with Crippen LogP contribution in [0, 0.1) is 5.92 Å². The van der Waals surface area contributed by atoms with E-state index in [0.717, 1.165) is 29.4 Å². The normalized spacial score (nSPS) is 25.5. The standard InChI is InChI=1S/C22H26O5/c1-6-7-13-10-15(23)26-21-16(13)20-14(8-9-22(4,5)27-20)19-17(21)18(24)11(2)12(3)25-19/h8-12,18,24H,6-7H2,1-5H3/t11?,12-,18+/m1/s1. The van der Waals surface area contributed by atoms with Crippen molar-refractivity contribution in [1.82, 2.24) is 0 Å². The van der Waals surface area contributed by atoms with Gasteiger partial charge in [0.15, 0.2) is 5.58 Å². The van der Waals surface area contributed by atoms with Crippen LogP contribution < -0.4 is 15.1 Å². The minimum absolute atomic E-state index is 0.121. The predicted molar refractivity (Wildman–Crippen MR) is 104 cm³/mol. The molecule has 0 saturated carbocycles. The highest BCUT2D eigenvalue weighted by Crippen LogP contribution is 2.52. The first-order valence-corrected chi connectivity index (χ1v) is 9.63. The lowest BCUT2D eigenvalue weighted by atomic mass is 9.85. The van der Waals surface area contributed by atoms with Crippen LogP contribution >= 0.6 is 0 Å². The van der Waals surface area contributed by atoms with E-state index in [9.17, 15) is 9.90 Å². The van der Waals surface area contributed by atoms with Crippen molar-refractivity contribution in [3.8, 4) is 11.5 Å². The molecule has 2 aromatic rings. The average molecular weight is 370 g/mol. The van der Waals surface area contributed by atoms with Crippen molar-refractivity contribution in [2.45, 2.75) is 65.3 Å². The van der Waals surface area contributed by atoms with Gasteiger partial charge in [-0.15, -0.1) is 0 Å². The van der Waals surface area contributed by atoms with Crippen molar-refractivity contribution in [2.24, 2.45) is 5.92 Å². The second kappa shape index (κ2) is 6.13. The fourth-order valence-electron chi connectivity index (χ4n) is 3.98. The molecule has 5 heteroatoms. The molecular formula is C22H26O5. The summed E-state index contributed by atoms with van der Waals surface area (Å²) in [7, 11) is 0. The molecule has 0 radical (unpaired) electrons. The number of benzene rings is 1. The molecule has 0 fully saturated rings. The average Bonchev–Trinajstić information content (AvgIpc) is 2.58. The molecule has 1 aromatic carbocycles. The summed E-state index contributed by atoms with van der Waals surface area (Å²) in [5.41, 5.74) is 1.72. The molecule has 27 heavy (non-hydrogen) atoms. The summed E-state index contributed by atoms with van der Waals surface area (Å²) in [6, 6.07) is 1.54. The maximum Gasteiger partial charge on any atom is 0.336 e. The first-order chi connectivity index (χ1) is 12.7. The maximum atomic E-state index is 12.3. The van der Waals surface area contributed by atoms with Crippen molar-refractivity contribution in [1.29, 1.82) is 0 Å². The van der Waals surface area contributed by atoms with Crippen LogP contribution in [0.25, 0.3) is 17.0 Å². The monoisotopic (exact) mass is 370 g/mol. The number of hydrogen-bond donors (Lipinski definition) is 1. The summed E-state index contributed by atoms with van der Waals surface area (Å²) in [5.74, 6) is 1.10. The Labute approximate surface area is 158 Å². The summed E-state index contributed by atoms with van der Waals surface area (Å²) < 4.78 is 18.1. The lowest BCUT2D eigenvalue weighted by Gasteiger charge is -2.37. The second-order valence-electron chi connectivity index (χ2n) is 8.20. The Balaban J connectivity index is 2.17. The van der Waals surface area contributed by atoms with E-state index in [-0.39, 0.29) is 12.0 Å². The summed E-state index contributed by atoms with van der Waals surface area (Å²) >= 11 is 0. The zero-order valence-corrected chi connectivity index (χ0v) is 16.5. The van der Waals surface area contributed by atoms with Gasteiger partial charge >= 0.3 is 5.63 Å². The molecule has 144 valence electrons. The molecule has 1 aromatic heterocycles. The van der Waals surface area contributed by atoms with E-state index in [1.165, 1.54) is 6.07 Å². The first kappa shape index (κ1) is 18.1. The molecule has 2 aliphatic heterocycles. The number of aliphatic hydroxyl groups excluding tert-OH is 1. The zero-order valence-electron chi connectivity index (χ0n) is 16.5. The van der Waals surface area contributed by atoms with Crippen LogP contribution in [0.2, 0.25) is 0 Å². The fraction of sp³-hybridized carbons (Fsp3) is 0.500. The smallest absolute Gasteiger partial charge is 0.336 e. The number of hydrogen-bond acceptors (Lipinski definition) is 5. The highest BCUT2D eigenvalue weighted by molar-refractivity contribution is 5.97. The molecular weight excluding hydrogens is 344 g/mol. The van der Waals surface area contributed by atoms with Crippen LogP contribution in [-0.2, 0) is 6.42 Å². The van der Waals surface area contributed by atoms with Crippen LogP contribution in [0.4, 0.5) is 0 Å². The Morgan fingerprint density at radius 3 is 2.67 bits per heavy atom. The van der Waals surface area contributed by atoms with Crippen LogP contribution in [0.1, 0.15) is 63.8 Å². The topological polar surface area (TPSA) is 68.9 Å². The minimum atomic E-state index is -0.778. The van der Waals surface area contributed by atoms with Gasteiger partial charge in [-0.2, -0.15) is 0 Å². The van der Waals surface area contributed by atoms with Crippen LogP contribution in [-0.4, -0.2) is 16.8 Å². The van der Waals surface area contributed by atoms with Gasteiger partial charge in [0, 0.05) is 12.0 Å². The first-order valence-electron chi connectivity index (χ1n) is 9.63. The van der Waals surface area contributed by atoms with Gasteiger partial charge in [0.05, 0.1) is 22.6 Å². The number of ether oxygens (including phenoxy) is 2. The van der Waals surface area contributed by atoms with Crippen LogP contribution in [0.5, 0.6) is 11.5 Å². The molecule has 3 atom stereocenters. The van der Waals surface area contributed by atoms with Crippen molar-refractivity contribution in [3.63, 3.8) is 0 Å². The highest BCUT2D eigenvalue weighted by Gasteiger charge is 2.39. The molecule has 0 bridgehead atoms.